The van der Waals surface area contributed by atoms with E-state index in [0.29, 0.717) is 17.2 Å². The molecule has 8 heteroatoms. The van der Waals surface area contributed by atoms with Crippen LogP contribution in [0.2, 0.25) is 7.86 Å². The maximum Gasteiger partial charge on any atom is 0.335 e. The van der Waals surface area contributed by atoms with Gasteiger partial charge in [-0.1, -0.05) is 36.4 Å². The minimum Gasteiger partial charge on any atom is -0.478 e. The first kappa shape index (κ1) is 28.2. The molecule has 29 heavy (non-hydrogen) atoms. The summed E-state index contributed by atoms with van der Waals surface area (Å²) in [5.41, 5.74) is 0.676. The van der Waals surface area contributed by atoms with Crippen molar-refractivity contribution in [3.63, 3.8) is 0 Å². The molecular formula is C21H26Hg2O6. The Morgan fingerprint density at radius 1 is 0.897 bits per heavy atom. The molecule has 0 bridgehead atoms. The third kappa shape index (κ3) is 11.2. The minimum atomic E-state index is -0.879. The van der Waals surface area contributed by atoms with Gasteiger partial charge >= 0.3 is 114 Å². The van der Waals surface area contributed by atoms with Crippen LogP contribution >= 0.6 is 0 Å². The summed E-state index contributed by atoms with van der Waals surface area (Å²) in [6, 6.07) is 16.6. The van der Waals surface area contributed by atoms with Gasteiger partial charge < -0.3 is 10.2 Å². The van der Waals surface area contributed by atoms with Crippen molar-refractivity contribution in [1.29, 1.82) is 0 Å². The SMILES string of the molecule is COC([CH2][Hg])C(C)([CH2][Hg])OC.O=C(O)c1ccccc1.O=C(O)c1ccccc1. The van der Waals surface area contributed by atoms with Gasteiger partial charge in [0, 0.05) is 0 Å². The largest absolute Gasteiger partial charge is 0.478 e. The molecular weight excluding hydrogens is 749 g/mol. The molecule has 0 fully saturated rings. The summed E-state index contributed by atoms with van der Waals surface area (Å²) in [6.07, 6.45) is 0.341. The smallest absolute Gasteiger partial charge is 0.335 e. The molecule has 0 radical (unpaired) electrons. The number of aromatic carboxylic acids is 2. The number of carboxylic acid groups (broad SMARTS) is 2. The summed E-state index contributed by atoms with van der Waals surface area (Å²) in [6.45, 7) is 2.17. The van der Waals surface area contributed by atoms with Crippen LogP contribution < -0.4 is 0 Å². The van der Waals surface area contributed by atoms with Crippen molar-refractivity contribution in [1.82, 2.24) is 0 Å². The van der Waals surface area contributed by atoms with Crippen molar-refractivity contribution in [3.8, 4) is 0 Å². The van der Waals surface area contributed by atoms with Crippen LogP contribution in [0.15, 0.2) is 60.7 Å². The molecule has 0 heterocycles. The maximum atomic E-state index is 10.2. The van der Waals surface area contributed by atoms with Crippen LogP contribution in [-0.2, 0) is 61.7 Å². The molecule has 0 aliphatic rings. The number of methoxy groups -OCH3 is 2. The first-order valence-corrected chi connectivity index (χ1v) is 16.8. The fraction of sp³-hybridized carbons (Fsp3) is 0.333. The van der Waals surface area contributed by atoms with E-state index in [2.05, 4.69) is 6.92 Å². The summed E-state index contributed by atoms with van der Waals surface area (Å²) in [4.78, 5) is 20.4. The zero-order valence-corrected chi connectivity index (χ0v) is 28.2. The van der Waals surface area contributed by atoms with Gasteiger partial charge in [-0.3, -0.25) is 0 Å². The zero-order valence-electron chi connectivity index (χ0n) is 17.2. The van der Waals surface area contributed by atoms with Gasteiger partial charge in [-0.05, 0) is 24.3 Å². The third-order valence-corrected chi connectivity index (χ3v) is 10.1. The zero-order chi connectivity index (χ0) is 22.3. The van der Waals surface area contributed by atoms with E-state index >= 15 is 0 Å². The summed E-state index contributed by atoms with van der Waals surface area (Å²) >= 11 is 1.61. The molecule has 0 saturated heterocycles. The predicted molar refractivity (Wildman–Crippen MR) is 103 cm³/mol. The van der Waals surface area contributed by atoms with Gasteiger partial charge in [0.2, 0.25) is 0 Å². The summed E-state index contributed by atoms with van der Waals surface area (Å²) < 4.78 is 13.3. The van der Waals surface area contributed by atoms with Gasteiger partial charge in [-0.25, -0.2) is 9.59 Å². The first-order chi connectivity index (χ1) is 13.7. The molecule has 0 spiro atoms. The number of hydrogen-bond donors (Lipinski definition) is 2. The van der Waals surface area contributed by atoms with E-state index < -0.39 is 11.9 Å². The molecule has 2 unspecified atom stereocenters. The van der Waals surface area contributed by atoms with E-state index in [1.165, 1.54) is 7.86 Å². The Bertz CT molecular complexity index is 652. The molecule has 0 saturated carbocycles. The number of carbonyl (C=O) groups is 2. The Morgan fingerprint density at radius 3 is 1.41 bits per heavy atom. The van der Waals surface area contributed by atoms with Gasteiger partial charge in [-0.15, -0.1) is 0 Å². The van der Waals surface area contributed by atoms with Gasteiger partial charge in [0.1, 0.15) is 0 Å². The topological polar surface area (TPSA) is 93.1 Å². The number of benzene rings is 2. The van der Waals surface area contributed by atoms with E-state index in [9.17, 15) is 9.59 Å². The summed E-state index contributed by atoms with van der Waals surface area (Å²) in [5.74, 6) is -1.76. The molecule has 2 aromatic carbocycles. The van der Waals surface area contributed by atoms with Crippen molar-refractivity contribution < 1.29 is 81.5 Å². The van der Waals surface area contributed by atoms with Crippen molar-refractivity contribution in [2.45, 2.75) is 26.5 Å². The van der Waals surface area contributed by atoms with Gasteiger partial charge in [0.25, 0.3) is 0 Å². The average molecular weight is 776 g/mol. The maximum absolute atomic E-state index is 10.2. The average Bonchev–Trinajstić information content (AvgIpc) is 2.76. The van der Waals surface area contributed by atoms with Crippen LogP contribution in [0.3, 0.4) is 0 Å². The molecule has 150 valence electrons. The molecule has 6 nitrogen and oxygen atoms in total. The fourth-order valence-corrected chi connectivity index (χ4v) is 7.56. The Hall–Kier alpha value is -0.830. The third-order valence-electron chi connectivity index (χ3n) is 4.23. The number of carboxylic acids is 2. The fourth-order valence-electron chi connectivity index (χ4n) is 2.23. The van der Waals surface area contributed by atoms with Crippen molar-refractivity contribution >= 4 is 11.9 Å². The molecule has 0 aliphatic heterocycles. The molecule has 0 amide bonds. The van der Waals surface area contributed by atoms with Gasteiger partial charge in [0.05, 0.1) is 11.1 Å². The molecule has 0 aromatic heterocycles. The molecule has 2 aromatic rings. The van der Waals surface area contributed by atoms with Crippen molar-refractivity contribution in [3.05, 3.63) is 71.8 Å². The first-order valence-electron chi connectivity index (χ1n) is 8.98. The van der Waals surface area contributed by atoms with Crippen LogP contribution in [-0.4, -0.2) is 48.1 Å². The predicted octanol–water partition coefficient (Wildman–Crippen LogP) is 4.11. The van der Waals surface area contributed by atoms with Crippen LogP contribution in [0.25, 0.3) is 0 Å². The van der Waals surface area contributed by atoms with Crippen LogP contribution in [0.1, 0.15) is 27.6 Å². The van der Waals surface area contributed by atoms with E-state index in [0.717, 1.165) is 52.2 Å². The number of ether oxygens (including phenoxy) is 2. The summed E-state index contributed by atoms with van der Waals surface area (Å²) in [7, 11) is 3.58. The number of hydrogen-bond acceptors (Lipinski definition) is 4. The van der Waals surface area contributed by atoms with Crippen molar-refractivity contribution in [2.24, 2.45) is 0 Å². The molecule has 0 aliphatic carbocycles. The molecule has 2 N–H and O–H groups in total. The van der Waals surface area contributed by atoms with Crippen LogP contribution in [0, 0.1) is 0 Å². The Labute approximate surface area is 204 Å². The van der Waals surface area contributed by atoms with E-state index in [-0.39, 0.29) is 5.60 Å². The Morgan fingerprint density at radius 2 is 1.28 bits per heavy atom. The summed E-state index contributed by atoms with van der Waals surface area (Å²) in [5, 5.41) is 16.8. The second-order valence-electron chi connectivity index (χ2n) is 6.12. The molecule has 2 rings (SSSR count). The van der Waals surface area contributed by atoms with E-state index in [1.54, 1.807) is 74.9 Å². The molecule has 2 atom stereocenters. The normalized spacial score (nSPS) is 12.9. The minimum absolute atomic E-state index is 0.0135. The van der Waals surface area contributed by atoms with Gasteiger partial charge in [-0.2, -0.15) is 0 Å². The number of rotatable bonds is 7. The van der Waals surface area contributed by atoms with Crippen LogP contribution in [0.5, 0.6) is 0 Å². The Balaban J connectivity index is 0.000000408. The quantitative estimate of drug-likeness (QED) is 0.412. The second-order valence-corrected chi connectivity index (χ2v) is 10.3. The van der Waals surface area contributed by atoms with E-state index in [1.807, 2.05) is 0 Å². The standard InChI is InChI=1S/2C7H6O2.C7H14O2.2Hg/c2*8-7(9)6-4-2-1-3-5-6;1-6(8-4)7(2,3)9-5;;/h2*1-5H,(H,8,9);6H,1-2H2,3-5H3;;. The Kier molecular flexibility index (Phi) is 15.5. The van der Waals surface area contributed by atoms with Crippen molar-refractivity contribution in [2.75, 3.05) is 14.2 Å². The second kappa shape index (κ2) is 15.9. The van der Waals surface area contributed by atoms with E-state index in [4.69, 9.17) is 19.7 Å². The van der Waals surface area contributed by atoms with Gasteiger partial charge in [0.15, 0.2) is 0 Å². The van der Waals surface area contributed by atoms with Crippen LogP contribution in [0.4, 0.5) is 0 Å². The monoisotopic (exact) mass is 778 g/mol.